The molecule has 1 atom stereocenters. The second-order valence-electron chi connectivity index (χ2n) is 13.7. The number of nitrogens with zero attached hydrogens (tertiary/aromatic N) is 3. The van der Waals surface area contributed by atoms with Gasteiger partial charge in [0.15, 0.2) is 0 Å². The predicted octanol–water partition coefficient (Wildman–Crippen LogP) is 3.34. The minimum absolute atomic E-state index is 0.0254. The molecule has 0 aromatic heterocycles. The van der Waals surface area contributed by atoms with E-state index in [2.05, 4.69) is 10.2 Å². The van der Waals surface area contributed by atoms with Crippen LogP contribution in [0.25, 0.3) is 0 Å². The maximum absolute atomic E-state index is 13.9. The Morgan fingerprint density at radius 3 is 2.00 bits per heavy atom. The van der Waals surface area contributed by atoms with Crippen molar-refractivity contribution in [2.45, 2.75) is 76.8 Å². The van der Waals surface area contributed by atoms with Crippen molar-refractivity contribution >= 4 is 29.4 Å². The van der Waals surface area contributed by atoms with Crippen molar-refractivity contribution in [2.75, 3.05) is 31.7 Å². The summed E-state index contributed by atoms with van der Waals surface area (Å²) in [6.07, 6.45) is 7.67. The zero-order chi connectivity index (χ0) is 28.4. The highest BCUT2D eigenvalue weighted by Gasteiger charge is 2.56. The Morgan fingerprint density at radius 2 is 1.50 bits per heavy atom. The average Bonchev–Trinajstić information content (AvgIpc) is 3.15. The molecule has 2 heterocycles. The first-order valence-electron chi connectivity index (χ1n) is 15.0. The molecule has 2 saturated heterocycles. The van der Waals surface area contributed by atoms with E-state index >= 15 is 0 Å². The molecule has 4 aliphatic carbocycles. The topological polar surface area (TPSA) is 110 Å². The van der Waals surface area contributed by atoms with Crippen LogP contribution in [0.15, 0.2) is 24.3 Å². The molecule has 4 saturated carbocycles. The number of aromatic carboxylic acids is 1. The third kappa shape index (κ3) is 4.36. The van der Waals surface area contributed by atoms with Crippen molar-refractivity contribution in [1.82, 2.24) is 15.1 Å². The number of benzene rings is 1. The quantitative estimate of drug-likeness (QED) is 0.562. The molecule has 2 N–H and O–H groups in total. The van der Waals surface area contributed by atoms with Crippen LogP contribution in [0.3, 0.4) is 0 Å². The second kappa shape index (κ2) is 9.77. The predicted molar refractivity (Wildman–Crippen MR) is 149 cm³/mol. The maximum atomic E-state index is 13.9. The second-order valence-corrected chi connectivity index (χ2v) is 13.7. The molecule has 1 aromatic carbocycles. The van der Waals surface area contributed by atoms with E-state index in [9.17, 15) is 24.3 Å². The highest BCUT2D eigenvalue weighted by molar-refractivity contribution is 5.95. The standard InChI is InChI=1S/C31H42N4O5/c1-19(2)25(32-28(39)30-15-20-12-21(16-30)14-22(13-20)17-30)26(36)34-10-8-31(9-11-34)29(40)33(3)18-35(31)24-6-4-23(5-7-24)27(37)38/h4-7,19-22,25H,8-18H2,1-3H3,(H,32,39)(H,37,38). The van der Waals surface area contributed by atoms with E-state index in [0.29, 0.717) is 50.4 Å². The largest absolute Gasteiger partial charge is 0.478 e. The summed E-state index contributed by atoms with van der Waals surface area (Å²) in [7, 11) is 1.78. The van der Waals surface area contributed by atoms with Crippen LogP contribution in [0.1, 0.15) is 75.6 Å². The number of carbonyl (C=O) groups excluding carboxylic acids is 3. The van der Waals surface area contributed by atoms with E-state index in [-0.39, 0.29) is 34.6 Å². The average molecular weight is 551 g/mol. The van der Waals surface area contributed by atoms with Gasteiger partial charge in [-0.05, 0) is 99.3 Å². The molecule has 1 unspecified atom stereocenters. The van der Waals surface area contributed by atoms with Crippen LogP contribution in [0.2, 0.25) is 0 Å². The van der Waals surface area contributed by atoms with Gasteiger partial charge in [0.1, 0.15) is 11.6 Å². The van der Waals surface area contributed by atoms with Gasteiger partial charge in [0, 0.05) is 31.2 Å². The molecule has 6 fully saturated rings. The molecule has 216 valence electrons. The van der Waals surface area contributed by atoms with Gasteiger partial charge < -0.3 is 25.1 Å². The number of carbonyl (C=O) groups is 4. The zero-order valence-corrected chi connectivity index (χ0v) is 23.9. The number of rotatable bonds is 6. The lowest BCUT2D eigenvalue weighted by atomic mass is 9.49. The number of anilines is 1. The Balaban J connectivity index is 1.15. The molecule has 9 heteroatoms. The van der Waals surface area contributed by atoms with Crippen LogP contribution in [-0.4, -0.2) is 77.0 Å². The van der Waals surface area contributed by atoms with Crippen molar-refractivity contribution in [3.05, 3.63) is 29.8 Å². The van der Waals surface area contributed by atoms with Gasteiger partial charge in [-0.25, -0.2) is 4.79 Å². The summed E-state index contributed by atoms with van der Waals surface area (Å²) in [4.78, 5) is 58.0. The number of amides is 3. The highest BCUT2D eigenvalue weighted by atomic mass is 16.4. The van der Waals surface area contributed by atoms with Crippen molar-refractivity contribution in [3.8, 4) is 0 Å². The van der Waals surface area contributed by atoms with Crippen LogP contribution >= 0.6 is 0 Å². The number of piperidine rings is 1. The van der Waals surface area contributed by atoms with Gasteiger partial charge in [-0.1, -0.05) is 13.8 Å². The van der Waals surface area contributed by atoms with Crippen molar-refractivity contribution in [1.29, 1.82) is 0 Å². The Bertz CT molecular complexity index is 1170. The minimum Gasteiger partial charge on any atom is -0.478 e. The number of hydrogen-bond donors (Lipinski definition) is 2. The molecule has 0 radical (unpaired) electrons. The molecular weight excluding hydrogens is 508 g/mol. The van der Waals surface area contributed by atoms with E-state index < -0.39 is 17.6 Å². The van der Waals surface area contributed by atoms with Crippen LogP contribution in [0.5, 0.6) is 0 Å². The summed E-state index contributed by atoms with van der Waals surface area (Å²) in [5.74, 6) is 1.01. The van der Waals surface area contributed by atoms with E-state index in [0.717, 1.165) is 24.9 Å². The number of likely N-dealkylation sites (N-methyl/N-ethyl adjacent to an activating group) is 1. The number of hydrogen-bond acceptors (Lipinski definition) is 5. The smallest absolute Gasteiger partial charge is 0.335 e. The Morgan fingerprint density at radius 1 is 0.950 bits per heavy atom. The lowest BCUT2D eigenvalue weighted by molar-refractivity contribution is -0.151. The normalized spacial score (nSPS) is 31.2. The molecular formula is C31H42N4O5. The first kappa shape index (κ1) is 27.1. The first-order chi connectivity index (χ1) is 19.0. The van der Waals surface area contributed by atoms with Crippen molar-refractivity contribution in [3.63, 3.8) is 0 Å². The van der Waals surface area contributed by atoms with Crippen LogP contribution < -0.4 is 10.2 Å². The van der Waals surface area contributed by atoms with Gasteiger partial charge in [-0.2, -0.15) is 0 Å². The molecule has 1 spiro atoms. The lowest BCUT2D eigenvalue weighted by Crippen LogP contribution is -2.61. The molecule has 40 heavy (non-hydrogen) atoms. The van der Waals surface area contributed by atoms with Gasteiger partial charge in [-0.15, -0.1) is 0 Å². The number of likely N-dealkylation sites (tertiary alicyclic amines) is 1. The van der Waals surface area contributed by atoms with Gasteiger partial charge >= 0.3 is 5.97 Å². The van der Waals surface area contributed by atoms with Gasteiger partial charge in [0.05, 0.1) is 12.2 Å². The molecule has 3 amide bonds. The zero-order valence-electron chi connectivity index (χ0n) is 23.9. The fourth-order valence-electron chi connectivity index (χ4n) is 8.97. The number of carboxylic acid groups (broad SMARTS) is 1. The number of nitrogens with one attached hydrogen (secondary N) is 1. The Labute approximate surface area is 236 Å². The van der Waals surface area contributed by atoms with Crippen molar-refractivity contribution in [2.24, 2.45) is 29.1 Å². The summed E-state index contributed by atoms with van der Waals surface area (Å²) in [5, 5.41) is 12.5. The van der Waals surface area contributed by atoms with E-state index in [1.54, 1.807) is 36.2 Å². The van der Waals surface area contributed by atoms with Gasteiger partial charge in [-0.3, -0.25) is 14.4 Å². The third-order valence-electron chi connectivity index (χ3n) is 10.7. The molecule has 6 aliphatic rings. The molecule has 2 aliphatic heterocycles. The van der Waals surface area contributed by atoms with Gasteiger partial charge in [0.2, 0.25) is 17.7 Å². The first-order valence-corrected chi connectivity index (χ1v) is 15.0. The summed E-state index contributed by atoms with van der Waals surface area (Å²) in [6.45, 7) is 5.25. The monoisotopic (exact) mass is 550 g/mol. The van der Waals surface area contributed by atoms with E-state index in [4.69, 9.17) is 0 Å². The highest BCUT2D eigenvalue weighted by Crippen LogP contribution is 2.60. The van der Waals surface area contributed by atoms with E-state index in [1.165, 1.54) is 19.3 Å². The van der Waals surface area contributed by atoms with Gasteiger partial charge in [0.25, 0.3) is 0 Å². The Kier molecular flexibility index (Phi) is 6.62. The van der Waals surface area contributed by atoms with Crippen molar-refractivity contribution < 1.29 is 24.3 Å². The maximum Gasteiger partial charge on any atom is 0.335 e. The molecule has 1 aromatic rings. The lowest BCUT2D eigenvalue weighted by Gasteiger charge is -2.56. The SMILES string of the molecule is CC(C)C(NC(=O)C12CC3CC(CC(C3)C1)C2)C(=O)N1CCC2(CC1)C(=O)N(C)CN2c1ccc(C(=O)O)cc1. The van der Waals surface area contributed by atoms with Crippen LogP contribution in [0.4, 0.5) is 5.69 Å². The Hall–Kier alpha value is -3.10. The van der Waals surface area contributed by atoms with E-state index in [1.807, 2.05) is 18.7 Å². The molecule has 7 rings (SSSR count). The van der Waals surface area contributed by atoms with Crippen LogP contribution in [-0.2, 0) is 14.4 Å². The molecule has 4 bridgehead atoms. The third-order valence-corrected chi connectivity index (χ3v) is 10.7. The summed E-state index contributed by atoms with van der Waals surface area (Å²) in [5.41, 5.74) is -0.0738. The number of carboxylic acids is 1. The fraction of sp³-hybridized carbons (Fsp3) is 0.677. The summed E-state index contributed by atoms with van der Waals surface area (Å²) >= 11 is 0. The summed E-state index contributed by atoms with van der Waals surface area (Å²) in [6, 6.07) is 6.06. The van der Waals surface area contributed by atoms with Crippen LogP contribution in [0, 0.1) is 29.1 Å². The molecule has 9 nitrogen and oxygen atoms in total. The minimum atomic E-state index is -0.988. The fourth-order valence-corrected chi connectivity index (χ4v) is 8.97. The summed E-state index contributed by atoms with van der Waals surface area (Å²) < 4.78 is 0.